The van der Waals surface area contributed by atoms with Crippen LogP contribution in [0, 0.1) is 0 Å². The summed E-state index contributed by atoms with van der Waals surface area (Å²) in [6, 6.07) is 36.2. The number of pyridine rings is 3. The lowest BCUT2D eigenvalue weighted by Gasteiger charge is -2.11. The Morgan fingerprint density at radius 3 is 1.85 bits per heavy atom. The van der Waals surface area contributed by atoms with Crippen molar-refractivity contribution in [2.45, 2.75) is 6.92 Å². The van der Waals surface area contributed by atoms with E-state index in [4.69, 9.17) is 29.3 Å². The van der Waals surface area contributed by atoms with Gasteiger partial charge in [0.15, 0.2) is 23.1 Å². The van der Waals surface area contributed by atoms with Gasteiger partial charge in [0.2, 0.25) is 0 Å². The predicted octanol–water partition coefficient (Wildman–Crippen LogP) is 8.06. The second-order valence-electron chi connectivity index (χ2n) is 11.2. The summed E-state index contributed by atoms with van der Waals surface area (Å²) in [5.74, 6) is 1.85. The largest absolute Gasteiger partial charge is 0.456 e. The summed E-state index contributed by atoms with van der Waals surface area (Å²) >= 11 is 0. The van der Waals surface area contributed by atoms with Crippen LogP contribution in [0.4, 0.5) is 0 Å². The Morgan fingerprint density at radius 2 is 1.23 bits per heavy atom. The van der Waals surface area contributed by atoms with E-state index in [2.05, 4.69) is 29.8 Å². The quantitative estimate of drug-likeness (QED) is 0.186. The Kier molecular flexibility index (Phi) is 7.39. The third-order valence-corrected chi connectivity index (χ3v) is 8.19. The van der Waals surface area contributed by atoms with Gasteiger partial charge in [0, 0.05) is 51.1 Å². The third-order valence-electron chi connectivity index (χ3n) is 8.19. The van der Waals surface area contributed by atoms with Gasteiger partial charge in [-0.25, -0.2) is 24.9 Å². The molecule has 0 atom stereocenters. The summed E-state index contributed by atoms with van der Waals surface area (Å²) in [6.45, 7) is 5.80. The van der Waals surface area contributed by atoms with Gasteiger partial charge in [-0.15, -0.1) is 0 Å². The van der Waals surface area contributed by atoms with E-state index in [1.165, 1.54) is 0 Å². The predicted molar refractivity (Wildman–Crippen MR) is 192 cm³/mol. The molecule has 0 saturated carbocycles. The van der Waals surface area contributed by atoms with Crippen LogP contribution in [-0.4, -0.2) is 29.9 Å². The summed E-state index contributed by atoms with van der Waals surface area (Å²) in [5.41, 5.74) is 8.28. The number of furan rings is 1. The summed E-state index contributed by atoms with van der Waals surface area (Å²) < 4.78 is 6.16. The molecule has 0 aliphatic rings. The average Bonchev–Trinajstić information content (AvgIpc) is 3.51. The Balaban J connectivity index is 1.23. The van der Waals surface area contributed by atoms with E-state index >= 15 is 0 Å². The van der Waals surface area contributed by atoms with Crippen molar-refractivity contribution in [1.82, 2.24) is 29.9 Å². The average molecular weight is 621 g/mol. The third kappa shape index (κ3) is 5.33. The van der Waals surface area contributed by atoms with Crippen LogP contribution in [0.2, 0.25) is 0 Å². The van der Waals surface area contributed by atoms with Crippen LogP contribution >= 0.6 is 0 Å². The zero-order chi connectivity index (χ0) is 32.5. The maximum Gasteiger partial charge on any atom is 0.164 e. The lowest BCUT2D eigenvalue weighted by molar-refractivity contribution is 0.575. The molecule has 7 nitrogen and oxygen atoms in total. The molecule has 8 aromatic rings. The van der Waals surface area contributed by atoms with Crippen LogP contribution in [0.25, 0.3) is 90.8 Å². The first-order valence-corrected chi connectivity index (χ1v) is 15.6. The first-order valence-electron chi connectivity index (χ1n) is 15.6. The van der Waals surface area contributed by atoms with E-state index in [0.29, 0.717) is 34.5 Å². The van der Waals surface area contributed by atoms with Gasteiger partial charge in [-0.05, 0) is 42.3 Å². The zero-order valence-corrected chi connectivity index (χ0v) is 26.1. The SMILES string of the molecule is C=C/C=c1\c(=C/C)oc2cc(-c3cc(-c4ccc(-c5nc(-c6ccccc6)nc(-c6ccccc6)n5)cc4)c4cccnc4n3)ncc12. The summed E-state index contributed by atoms with van der Waals surface area (Å²) in [7, 11) is 0. The highest BCUT2D eigenvalue weighted by molar-refractivity contribution is 5.95. The van der Waals surface area contributed by atoms with Crippen molar-refractivity contribution in [1.29, 1.82) is 0 Å². The summed E-state index contributed by atoms with van der Waals surface area (Å²) in [6.07, 6.45) is 9.22. The van der Waals surface area contributed by atoms with Crippen LogP contribution in [0.1, 0.15) is 6.92 Å². The molecular weight excluding hydrogens is 592 g/mol. The fourth-order valence-corrected chi connectivity index (χ4v) is 5.84. The molecule has 3 aromatic carbocycles. The molecule has 0 amide bonds. The fourth-order valence-electron chi connectivity index (χ4n) is 5.84. The van der Waals surface area contributed by atoms with Gasteiger partial charge >= 0.3 is 0 Å². The molecule has 228 valence electrons. The molecule has 48 heavy (non-hydrogen) atoms. The standard InChI is InChI=1S/C41H28N6O/c1-3-12-30-33-25-43-34(24-37(33)48-36(30)4-2)35-23-32(31-17-11-22-42-41(31)44-35)26-18-20-29(21-19-26)40-46-38(27-13-7-5-8-14-27)45-39(47-40)28-15-9-6-10-16-28/h3-25H,1H2,2H3/b30-12-,36-4+. The maximum atomic E-state index is 6.16. The molecular formula is C41H28N6O. The Bertz CT molecular complexity index is 2520. The molecule has 0 bridgehead atoms. The van der Waals surface area contributed by atoms with E-state index < -0.39 is 0 Å². The van der Waals surface area contributed by atoms with Crippen LogP contribution in [0.15, 0.2) is 139 Å². The van der Waals surface area contributed by atoms with Crippen LogP contribution in [-0.2, 0) is 0 Å². The van der Waals surface area contributed by atoms with Gasteiger partial charge in [0.25, 0.3) is 0 Å². The van der Waals surface area contributed by atoms with Crippen LogP contribution in [0.5, 0.6) is 0 Å². The monoisotopic (exact) mass is 620 g/mol. The van der Waals surface area contributed by atoms with Gasteiger partial charge in [-0.2, -0.15) is 0 Å². The van der Waals surface area contributed by atoms with E-state index in [9.17, 15) is 0 Å². The van der Waals surface area contributed by atoms with Crippen molar-refractivity contribution in [2.24, 2.45) is 0 Å². The Labute approximate surface area is 276 Å². The number of hydrogen-bond acceptors (Lipinski definition) is 7. The van der Waals surface area contributed by atoms with Crippen molar-refractivity contribution in [3.8, 4) is 56.7 Å². The van der Waals surface area contributed by atoms with E-state index in [1.54, 1.807) is 12.3 Å². The van der Waals surface area contributed by atoms with Crippen molar-refractivity contribution in [3.63, 3.8) is 0 Å². The number of aromatic nitrogens is 6. The number of nitrogens with zero attached hydrogens (tertiary/aromatic N) is 6. The zero-order valence-electron chi connectivity index (χ0n) is 26.1. The smallest absolute Gasteiger partial charge is 0.164 e. The molecule has 5 heterocycles. The number of benzene rings is 3. The lowest BCUT2D eigenvalue weighted by atomic mass is 9.99. The Morgan fingerprint density at radius 1 is 0.604 bits per heavy atom. The van der Waals surface area contributed by atoms with Gasteiger partial charge < -0.3 is 4.42 Å². The first-order chi connectivity index (χ1) is 23.7. The van der Waals surface area contributed by atoms with Crippen molar-refractivity contribution in [3.05, 3.63) is 145 Å². The molecule has 7 heteroatoms. The highest BCUT2D eigenvalue weighted by Crippen LogP contribution is 2.33. The molecule has 5 aromatic heterocycles. The number of rotatable bonds is 6. The maximum absolute atomic E-state index is 6.16. The second-order valence-corrected chi connectivity index (χ2v) is 11.2. The topological polar surface area (TPSA) is 90.5 Å². The summed E-state index contributed by atoms with van der Waals surface area (Å²) in [5, 5.41) is 2.82. The molecule has 8 rings (SSSR count). The van der Waals surface area contributed by atoms with E-state index in [0.717, 1.165) is 54.8 Å². The van der Waals surface area contributed by atoms with Gasteiger partial charge in [-0.3, -0.25) is 4.98 Å². The van der Waals surface area contributed by atoms with Crippen molar-refractivity contribution < 1.29 is 4.42 Å². The first kappa shape index (κ1) is 28.8. The van der Waals surface area contributed by atoms with Crippen molar-refractivity contribution in [2.75, 3.05) is 0 Å². The van der Waals surface area contributed by atoms with Gasteiger partial charge in [0.05, 0.1) is 11.4 Å². The van der Waals surface area contributed by atoms with E-state index in [-0.39, 0.29) is 0 Å². The minimum atomic E-state index is 0.601. The number of allylic oxidation sites excluding steroid dienone is 1. The molecule has 0 aliphatic heterocycles. The van der Waals surface area contributed by atoms with Crippen LogP contribution in [0.3, 0.4) is 0 Å². The van der Waals surface area contributed by atoms with E-state index in [1.807, 2.05) is 116 Å². The molecule has 0 N–H and O–H groups in total. The minimum absolute atomic E-state index is 0.601. The number of fused-ring (bicyclic) bond motifs is 2. The number of hydrogen-bond donors (Lipinski definition) is 0. The molecule has 0 aliphatic carbocycles. The summed E-state index contributed by atoms with van der Waals surface area (Å²) in [4.78, 5) is 28.9. The normalized spacial score (nSPS) is 12.2. The fraction of sp³-hybridized carbons (Fsp3) is 0.0244. The lowest BCUT2D eigenvalue weighted by Crippen LogP contribution is -2.18. The second kappa shape index (κ2) is 12.3. The molecule has 0 radical (unpaired) electrons. The van der Waals surface area contributed by atoms with Gasteiger partial charge in [-0.1, -0.05) is 104 Å². The molecule has 0 spiro atoms. The Hall–Kier alpha value is -6.60. The highest BCUT2D eigenvalue weighted by atomic mass is 16.3. The molecule has 0 fully saturated rings. The minimum Gasteiger partial charge on any atom is -0.456 e. The molecule has 0 saturated heterocycles. The van der Waals surface area contributed by atoms with Crippen LogP contribution < -0.4 is 10.6 Å². The van der Waals surface area contributed by atoms with Gasteiger partial charge in [0.1, 0.15) is 11.0 Å². The van der Waals surface area contributed by atoms with Crippen molar-refractivity contribution >= 4 is 34.2 Å². The highest BCUT2D eigenvalue weighted by Gasteiger charge is 2.15. The molecule has 0 unspecified atom stereocenters.